The second kappa shape index (κ2) is 7.98. The van der Waals surface area contributed by atoms with Gasteiger partial charge in [0.1, 0.15) is 5.75 Å². The number of nitrogens with zero attached hydrogens (tertiary/aromatic N) is 5. The lowest BCUT2D eigenvalue weighted by molar-refractivity contribution is 0.469. The van der Waals surface area contributed by atoms with Gasteiger partial charge in [-0.25, -0.2) is 9.97 Å². The summed E-state index contributed by atoms with van der Waals surface area (Å²) in [6, 6.07) is 7.59. The van der Waals surface area contributed by atoms with Crippen LogP contribution < -0.4 is 10.5 Å². The zero-order chi connectivity index (χ0) is 19.4. The van der Waals surface area contributed by atoms with Crippen molar-refractivity contribution in [3.05, 3.63) is 53.6 Å². The third-order valence-electron chi connectivity index (χ3n) is 4.20. The highest BCUT2D eigenvalue weighted by Gasteiger charge is 2.16. The van der Waals surface area contributed by atoms with Gasteiger partial charge in [-0.05, 0) is 57.5 Å². The number of nitriles is 1. The van der Waals surface area contributed by atoms with Crippen molar-refractivity contribution in [2.24, 2.45) is 5.73 Å². The van der Waals surface area contributed by atoms with Crippen LogP contribution in [0.2, 0.25) is 0 Å². The molecule has 0 aliphatic heterocycles. The van der Waals surface area contributed by atoms with Crippen molar-refractivity contribution in [2.45, 2.75) is 33.2 Å². The first-order valence-electron chi connectivity index (χ1n) is 8.81. The zero-order valence-electron chi connectivity index (χ0n) is 15.7. The maximum absolute atomic E-state index is 9.25. The average Bonchev–Trinajstić information content (AvgIpc) is 3.03. The summed E-state index contributed by atoms with van der Waals surface area (Å²) in [6.07, 6.45) is 5.94. The molecule has 7 nitrogen and oxygen atoms in total. The Morgan fingerprint density at radius 3 is 2.52 bits per heavy atom. The van der Waals surface area contributed by atoms with Crippen molar-refractivity contribution in [3.8, 4) is 29.0 Å². The van der Waals surface area contributed by atoms with Crippen molar-refractivity contribution in [3.63, 3.8) is 0 Å². The second-order valence-electron chi connectivity index (χ2n) is 6.51. The lowest BCUT2D eigenvalue weighted by atomic mass is 10.1. The Hall–Kier alpha value is -3.24. The van der Waals surface area contributed by atoms with Gasteiger partial charge in [-0.15, -0.1) is 0 Å². The molecule has 0 spiro atoms. The van der Waals surface area contributed by atoms with E-state index < -0.39 is 0 Å². The summed E-state index contributed by atoms with van der Waals surface area (Å²) < 4.78 is 8.00. The number of rotatable bonds is 6. The molecule has 0 unspecified atom stereocenters. The van der Waals surface area contributed by atoms with Crippen LogP contribution >= 0.6 is 0 Å². The molecule has 27 heavy (non-hydrogen) atoms. The van der Waals surface area contributed by atoms with E-state index in [0.29, 0.717) is 35.0 Å². The SMILES string of the molecule is Cc1c(Oc2cc(C#N)ccc2-c2ncc(CCN)cn2)cnn1C(C)C. The van der Waals surface area contributed by atoms with Crippen molar-refractivity contribution in [1.82, 2.24) is 19.7 Å². The summed E-state index contributed by atoms with van der Waals surface area (Å²) in [6.45, 7) is 6.62. The summed E-state index contributed by atoms with van der Waals surface area (Å²) in [5, 5.41) is 13.6. The van der Waals surface area contributed by atoms with E-state index in [1.54, 1.807) is 36.8 Å². The number of hydrogen-bond donors (Lipinski definition) is 1. The molecule has 0 amide bonds. The number of benzene rings is 1. The van der Waals surface area contributed by atoms with Gasteiger partial charge in [-0.2, -0.15) is 10.4 Å². The van der Waals surface area contributed by atoms with Crippen LogP contribution in [0, 0.1) is 18.3 Å². The molecular weight excluding hydrogens is 340 g/mol. The van der Waals surface area contributed by atoms with E-state index in [1.807, 2.05) is 11.6 Å². The van der Waals surface area contributed by atoms with Gasteiger partial charge in [0.25, 0.3) is 0 Å². The Morgan fingerprint density at radius 1 is 1.19 bits per heavy atom. The molecule has 138 valence electrons. The molecule has 0 saturated heterocycles. The summed E-state index contributed by atoms with van der Waals surface area (Å²) in [7, 11) is 0. The predicted molar refractivity (Wildman–Crippen MR) is 102 cm³/mol. The third-order valence-corrected chi connectivity index (χ3v) is 4.20. The van der Waals surface area contributed by atoms with Crippen LogP contribution in [0.3, 0.4) is 0 Å². The van der Waals surface area contributed by atoms with Crippen molar-refractivity contribution < 1.29 is 4.74 Å². The molecule has 2 heterocycles. The first-order chi connectivity index (χ1) is 13.0. The Labute approximate surface area is 158 Å². The maximum Gasteiger partial charge on any atom is 0.168 e. The molecule has 2 aromatic heterocycles. The smallest absolute Gasteiger partial charge is 0.168 e. The quantitative estimate of drug-likeness (QED) is 0.721. The van der Waals surface area contributed by atoms with Crippen LogP contribution in [0.15, 0.2) is 36.8 Å². The normalized spacial score (nSPS) is 10.8. The highest BCUT2D eigenvalue weighted by molar-refractivity contribution is 5.66. The molecule has 0 bridgehead atoms. The van der Waals surface area contributed by atoms with Crippen LogP contribution in [-0.2, 0) is 6.42 Å². The first-order valence-corrected chi connectivity index (χ1v) is 8.81. The molecular formula is C20H22N6O. The number of hydrogen-bond acceptors (Lipinski definition) is 6. The molecule has 0 saturated carbocycles. The molecule has 0 fully saturated rings. The monoisotopic (exact) mass is 362 g/mol. The summed E-state index contributed by atoms with van der Waals surface area (Å²) in [5.74, 6) is 1.69. The van der Waals surface area contributed by atoms with Crippen LogP contribution in [0.5, 0.6) is 11.5 Å². The van der Waals surface area contributed by atoms with Gasteiger partial charge in [0.2, 0.25) is 0 Å². The molecule has 3 aromatic rings. The largest absolute Gasteiger partial charge is 0.453 e. The minimum atomic E-state index is 0.227. The summed E-state index contributed by atoms with van der Waals surface area (Å²) in [4.78, 5) is 8.86. The van der Waals surface area contributed by atoms with E-state index >= 15 is 0 Å². The first kappa shape index (κ1) is 18.5. The zero-order valence-corrected chi connectivity index (χ0v) is 15.7. The predicted octanol–water partition coefficient (Wildman–Crippen LogP) is 3.39. The van der Waals surface area contributed by atoms with Gasteiger partial charge in [0.15, 0.2) is 11.6 Å². The van der Waals surface area contributed by atoms with E-state index in [-0.39, 0.29) is 6.04 Å². The summed E-state index contributed by atoms with van der Waals surface area (Å²) >= 11 is 0. The Bertz CT molecular complexity index is 969. The van der Waals surface area contributed by atoms with Crippen LogP contribution in [0.1, 0.15) is 36.7 Å². The van der Waals surface area contributed by atoms with Crippen molar-refractivity contribution >= 4 is 0 Å². The molecule has 0 atom stereocenters. The molecule has 0 radical (unpaired) electrons. The van der Waals surface area contributed by atoms with Gasteiger partial charge in [-0.3, -0.25) is 4.68 Å². The number of nitrogens with two attached hydrogens (primary N) is 1. The van der Waals surface area contributed by atoms with Gasteiger partial charge in [0.05, 0.1) is 29.1 Å². The van der Waals surface area contributed by atoms with E-state index in [1.165, 1.54) is 0 Å². The molecule has 1 aromatic carbocycles. The Morgan fingerprint density at radius 2 is 1.93 bits per heavy atom. The minimum Gasteiger partial charge on any atom is -0.453 e. The van der Waals surface area contributed by atoms with Crippen molar-refractivity contribution in [1.29, 1.82) is 5.26 Å². The standard InChI is InChI=1S/C20H22N6O/c1-13(2)26-14(3)19(12-25-26)27-18-8-15(9-22)4-5-17(18)20-23-10-16(6-7-21)11-24-20/h4-5,8,10-13H,6-7,21H2,1-3H3. The minimum absolute atomic E-state index is 0.227. The number of ether oxygens (including phenoxy) is 1. The summed E-state index contributed by atoms with van der Waals surface area (Å²) in [5.41, 5.74) is 8.68. The molecule has 3 rings (SSSR count). The molecule has 2 N–H and O–H groups in total. The second-order valence-corrected chi connectivity index (χ2v) is 6.51. The van der Waals surface area contributed by atoms with E-state index in [0.717, 1.165) is 17.7 Å². The van der Waals surface area contributed by atoms with Crippen LogP contribution in [0.25, 0.3) is 11.4 Å². The molecule has 0 aliphatic carbocycles. The van der Waals surface area contributed by atoms with E-state index in [9.17, 15) is 5.26 Å². The average molecular weight is 362 g/mol. The van der Waals surface area contributed by atoms with Gasteiger partial charge >= 0.3 is 0 Å². The third kappa shape index (κ3) is 3.96. The number of aromatic nitrogens is 4. The van der Waals surface area contributed by atoms with Crippen LogP contribution in [0.4, 0.5) is 0 Å². The van der Waals surface area contributed by atoms with Gasteiger partial charge < -0.3 is 10.5 Å². The fraction of sp³-hybridized carbons (Fsp3) is 0.300. The highest BCUT2D eigenvalue weighted by atomic mass is 16.5. The van der Waals surface area contributed by atoms with E-state index in [2.05, 4.69) is 35.0 Å². The molecule has 7 heteroatoms. The topological polar surface area (TPSA) is 103 Å². The lowest BCUT2D eigenvalue weighted by Crippen LogP contribution is -2.05. The fourth-order valence-electron chi connectivity index (χ4n) is 2.80. The Kier molecular flexibility index (Phi) is 5.48. The fourth-order valence-corrected chi connectivity index (χ4v) is 2.80. The van der Waals surface area contributed by atoms with Crippen LogP contribution in [-0.4, -0.2) is 26.3 Å². The Balaban J connectivity index is 2.00. The van der Waals surface area contributed by atoms with Gasteiger partial charge in [0, 0.05) is 18.4 Å². The maximum atomic E-state index is 9.25. The highest BCUT2D eigenvalue weighted by Crippen LogP contribution is 2.34. The molecule has 0 aliphatic rings. The lowest BCUT2D eigenvalue weighted by Gasteiger charge is -2.12. The van der Waals surface area contributed by atoms with E-state index in [4.69, 9.17) is 10.5 Å². The van der Waals surface area contributed by atoms with Gasteiger partial charge in [-0.1, -0.05) is 0 Å². The van der Waals surface area contributed by atoms with Crippen molar-refractivity contribution in [2.75, 3.05) is 6.54 Å².